The summed E-state index contributed by atoms with van der Waals surface area (Å²) in [6, 6.07) is 11.6. The van der Waals surface area contributed by atoms with Gasteiger partial charge in [0.1, 0.15) is 29.1 Å². The molecule has 0 spiro atoms. The lowest BCUT2D eigenvalue weighted by molar-refractivity contribution is 0.208. The zero-order valence-corrected chi connectivity index (χ0v) is 17.5. The average molecular weight is 421 g/mol. The molecule has 0 saturated carbocycles. The number of carbonyl (C=O) groups is 1. The number of halogens is 1. The molecule has 8 nitrogen and oxygen atoms in total. The fraction of sp³-hybridized carbons (Fsp3) is 0.273. The lowest BCUT2D eigenvalue weighted by atomic mass is 10.3. The predicted octanol–water partition coefficient (Wildman–Crippen LogP) is 3.73. The van der Waals surface area contributed by atoms with E-state index in [1.54, 1.807) is 29.3 Å². The number of anilines is 4. The first-order valence-electron chi connectivity index (χ1n) is 10.1. The molecule has 2 amide bonds. The van der Waals surface area contributed by atoms with E-state index in [-0.39, 0.29) is 11.7 Å². The van der Waals surface area contributed by atoms with Crippen molar-refractivity contribution >= 4 is 29.2 Å². The van der Waals surface area contributed by atoms with Gasteiger partial charge in [0.15, 0.2) is 0 Å². The lowest BCUT2D eigenvalue weighted by Gasteiger charge is -2.35. The molecule has 2 N–H and O–H groups in total. The first kappa shape index (κ1) is 20.5. The molecule has 0 atom stereocenters. The number of pyridine rings is 1. The van der Waals surface area contributed by atoms with Gasteiger partial charge in [-0.05, 0) is 43.7 Å². The molecule has 4 rings (SSSR count). The van der Waals surface area contributed by atoms with Crippen molar-refractivity contribution < 1.29 is 9.18 Å². The number of amides is 2. The minimum absolute atomic E-state index is 0.182. The number of aryl methyl sites for hydroxylation is 2. The quantitative estimate of drug-likeness (QED) is 0.668. The van der Waals surface area contributed by atoms with Gasteiger partial charge in [0.05, 0.1) is 5.69 Å². The molecule has 1 aliphatic heterocycles. The molecular formula is C22H24FN7O. The molecule has 2 aromatic heterocycles. The molecule has 0 unspecified atom stereocenters. The summed E-state index contributed by atoms with van der Waals surface area (Å²) in [5, 5.41) is 5.86. The molecule has 0 radical (unpaired) electrons. The van der Waals surface area contributed by atoms with Crippen LogP contribution in [0, 0.1) is 19.7 Å². The molecule has 0 bridgehead atoms. The Balaban J connectivity index is 1.40. The summed E-state index contributed by atoms with van der Waals surface area (Å²) in [7, 11) is 0. The number of rotatable bonds is 4. The molecule has 1 aliphatic rings. The van der Waals surface area contributed by atoms with Gasteiger partial charge < -0.3 is 20.4 Å². The van der Waals surface area contributed by atoms with Crippen molar-refractivity contribution in [2.24, 2.45) is 0 Å². The topological polar surface area (TPSA) is 86.3 Å². The molecule has 3 heterocycles. The van der Waals surface area contributed by atoms with Crippen LogP contribution in [0.4, 0.5) is 32.3 Å². The zero-order valence-electron chi connectivity index (χ0n) is 17.5. The Morgan fingerprint density at radius 3 is 2.52 bits per heavy atom. The fourth-order valence-electron chi connectivity index (χ4n) is 3.41. The van der Waals surface area contributed by atoms with Crippen molar-refractivity contribution in [3.63, 3.8) is 0 Å². The van der Waals surface area contributed by atoms with Gasteiger partial charge >= 0.3 is 6.03 Å². The van der Waals surface area contributed by atoms with Crippen molar-refractivity contribution in [2.75, 3.05) is 41.7 Å². The highest BCUT2D eigenvalue weighted by Crippen LogP contribution is 2.21. The second-order valence-electron chi connectivity index (χ2n) is 7.39. The third-order valence-corrected chi connectivity index (χ3v) is 5.00. The van der Waals surface area contributed by atoms with Crippen molar-refractivity contribution in [1.29, 1.82) is 0 Å². The third-order valence-electron chi connectivity index (χ3n) is 5.00. The second-order valence-corrected chi connectivity index (χ2v) is 7.39. The van der Waals surface area contributed by atoms with Crippen LogP contribution < -0.4 is 15.5 Å². The highest BCUT2D eigenvalue weighted by molar-refractivity contribution is 5.89. The van der Waals surface area contributed by atoms with Crippen molar-refractivity contribution in [2.45, 2.75) is 13.8 Å². The number of urea groups is 1. The maximum absolute atomic E-state index is 13.8. The molecule has 1 saturated heterocycles. The Morgan fingerprint density at radius 2 is 1.77 bits per heavy atom. The van der Waals surface area contributed by atoms with E-state index in [0.717, 1.165) is 17.2 Å². The number of hydrogen-bond acceptors (Lipinski definition) is 6. The molecule has 3 aromatic rings. The van der Waals surface area contributed by atoms with E-state index < -0.39 is 5.82 Å². The largest absolute Gasteiger partial charge is 0.353 e. The monoisotopic (exact) mass is 421 g/mol. The summed E-state index contributed by atoms with van der Waals surface area (Å²) in [6.07, 6.45) is 1.75. The van der Waals surface area contributed by atoms with Gasteiger partial charge in [0, 0.05) is 38.4 Å². The molecule has 160 valence electrons. The van der Waals surface area contributed by atoms with Crippen LogP contribution in [-0.2, 0) is 0 Å². The van der Waals surface area contributed by atoms with Gasteiger partial charge in [-0.1, -0.05) is 12.1 Å². The summed E-state index contributed by atoms with van der Waals surface area (Å²) in [6.45, 7) is 6.09. The maximum atomic E-state index is 13.8. The van der Waals surface area contributed by atoms with E-state index in [1.165, 1.54) is 6.07 Å². The molecule has 1 fully saturated rings. The Labute approximate surface area is 180 Å². The summed E-state index contributed by atoms with van der Waals surface area (Å²) in [5.41, 5.74) is 1.29. The number of carbonyl (C=O) groups excluding carboxylic acids is 1. The van der Waals surface area contributed by atoms with E-state index in [9.17, 15) is 9.18 Å². The Bertz CT molecular complexity index is 1080. The van der Waals surface area contributed by atoms with Gasteiger partial charge in [0.2, 0.25) is 0 Å². The maximum Gasteiger partial charge on any atom is 0.322 e. The summed E-state index contributed by atoms with van der Waals surface area (Å²) < 4.78 is 13.8. The van der Waals surface area contributed by atoms with Crippen LogP contribution in [-0.4, -0.2) is 52.1 Å². The lowest BCUT2D eigenvalue weighted by Crippen LogP contribution is -2.50. The number of nitrogens with one attached hydrogen (secondary N) is 2. The smallest absolute Gasteiger partial charge is 0.322 e. The van der Waals surface area contributed by atoms with Crippen LogP contribution in [0.3, 0.4) is 0 Å². The number of piperazine rings is 1. The molecule has 9 heteroatoms. The van der Waals surface area contributed by atoms with E-state index >= 15 is 0 Å². The highest BCUT2D eigenvalue weighted by Gasteiger charge is 2.23. The Morgan fingerprint density at radius 1 is 1.00 bits per heavy atom. The van der Waals surface area contributed by atoms with Crippen LogP contribution in [0.2, 0.25) is 0 Å². The van der Waals surface area contributed by atoms with Crippen LogP contribution >= 0.6 is 0 Å². The molecule has 0 aliphatic carbocycles. The van der Waals surface area contributed by atoms with Gasteiger partial charge in [-0.15, -0.1) is 0 Å². The first-order valence-corrected chi connectivity index (χ1v) is 10.1. The van der Waals surface area contributed by atoms with Crippen molar-refractivity contribution in [3.05, 3.63) is 65.9 Å². The minimum atomic E-state index is -0.450. The van der Waals surface area contributed by atoms with E-state index in [4.69, 9.17) is 0 Å². The summed E-state index contributed by atoms with van der Waals surface area (Å²) in [5.74, 6) is 2.37. The van der Waals surface area contributed by atoms with Gasteiger partial charge in [-0.3, -0.25) is 0 Å². The summed E-state index contributed by atoms with van der Waals surface area (Å²) >= 11 is 0. The highest BCUT2D eigenvalue weighted by atomic mass is 19.1. The van der Waals surface area contributed by atoms with Crippen LogP contribution in [0.15, 0.2) is 48.7 Å². The second kappa shape index (κ2) is 8.95. The van der Waals surface area contributed by atoms with E-state index in [2.05, 4.69) is 30.5 Å². The summed E-state index contributed by atoms with van der Waals surface area (Å²) in [4.78, 5) is 29.6. The van der Waals surface area contributed by atoms with Crippen LogP contribution in [0.5, 0.6) is 0 Å². The normalized spacial score (nSPS) is 13.8. The minimum Gasteiger partial charge on any atom is -0.353 e. The number of hydrogen-bond donors (Lipinski definition) is 2. The SMILES string of the molecule is Cc1ccnc(Nc2cc(N3CCN(C(=O)Nc4ccccc4F)CC3)nc(C)n2)c1. The molecular weight excluding hydrogens is 397 g/mol. The molecule has 1 aromatic carbocycles. The Hall–Kier alpha value is -3.75. The van der Waals surface area contributed by atoms with Gasteiger partial charge in [0.25, 0.3) is 0 Å². The van der Waals surface area contributed by atoms with Crippen molar-refractivity contribution in [1.82, 2.24) is 19.9 Å². The van der Waals surface area contributed by atoms with Crippen molar-refractivity contribution in [3.8, 4) is 0 Å². The van der Waals surface area contributed by atoms with Crippen LogP contribution in [0.1, 0.15) is 11.4 Å². The van der Waals surface area contributed by atoms with Crippen LogP contribution in [0.25, 0.3) is 0 Å². The van der Waals surface area contributed by atoms with E-state index in [0.29, 0.717) is 37.8 Å². The standard InChI is InChI=1S/C22H24FN7O/c1-15-7-8-24-19(13-15)28-20-14-21(26-16(2)25-20)29-9-11-30(12-10-29)22(31)27-18-6-4-3-5-17(18)23/h3-8,13-14H,9-12H2,1-2H3,(H,27,31)(H,24,25,26,28). The van der Waals surface area contributed by atoms with E-state index in [1.807, 2.05) is 32.0 Å². The predicted molar refractivity (Wildman–Crippen MR) is 118 cm³/mol. The number of nitrogens with zero attached hydrogens (tertiary/aromatic N) is 5. The van der Waals surface area contributed by atoms with Gasteiger partial charge in [-0.2, -0.15) is 0 Å². The zero-order chi connectivity index (χ0) is 21.8. The fourth-order valence-corrected chi connectivity index (χ4v) is 3.41. The molecule has 31 heavy (non-hydrogen) atoms. The number of benzene rings is 1. The third kappa shape index (κ3) is 5.06. The van der Waals surface area contributed by atoms with Gasteiger partial charge in [-0.25, -0.2) is 24.1 Å². The average Bonchev–Trinajstić information content (AvgIpc) is 2.75. The Kier molecular flexibility index (Phi) is 5.92. The first-order chi connectivity index (χ1) is 15.0. The number of para-hydroxylation sites is 1. The number of aromatic nitrogens is 3.